The minimum absolute atomic E-state index is 0.558. The van der Waals surface area contributed by atoms with Gasteiger partial charge in [0.25, 0.3) is 0 Å². The van der Waals surface area contributed by atoms with Crippen molar-refractivity contribution in [3.8, 4) is 5.75 Å². The monoisotopic (exact) mass is 304 g/mol. The summed E-state index contributed by atoms with van der Waals surface area (Å²) in [5.41, 5.74) is 3.14. The number of benzene rings is 1. The topological polar surface area (TPSA) is 51.1 Å². The predicted octanol–water partition coefficient (Wildman–Crippen LogP) is 2.71. The Morgan fingerprint density at radius 1 is 1.38 bits per heavy atom. The first-order valence-electron chi connectivity index (χ1n) is 6.84. The van der Waals surface area contributed by atoms with Gasteiger partial charge in [-0.3, -0.25) is 4.68 Å². The molecule has 0 atom stereocenters. The highest BCUT2D eigenvalue weighted by atomic mass is 32.1. The first kappa shape index (κ1) is 15.3. The first-order valence-corrected chi connectivity index (χ1v) is 7.25. The molecule has 21 heavy (non-hydrogen) atoms. The Morgan fingerprint density at radius 3 is 2.81 bits per heavy atom. The van der Waals surface area contributed by atoms with E-state index in [-0.39, 0.29) is 0 Å². The number of hydrogen-bond acceptors (Lipinski definition) is 3. The minimum Gasteiger partial charge on any atom is -0.495 e. The Kier molecular flexibility index (Phi) is 5.16. The lowest BCUT2D eigenvalue weighted by atomic mass is 10.2. The highest BCUT2D eigenvalue weighted by molar-refractivity contribution is 7.80. The van der Waals surface area contributed by atoms with Crippen LogP contribution in [-0.2, 0) is 13.1 Å². The summed E-state index contributed by atoms with van der Waals surface area (Å²) in [5.74, 6) is 0.761. The van der Waals surface area contributed by atoms with E-state index in [4.69, 9.17) is 17.0 Å². The van der Waals surface area contributed by atoms with E-state index in [1.807, 2.05) is 35.1 Å². The Morgan fingerprint density at radius 2 is 2.14 bits per heavy atom. The van der Waals surface area contributed by atoms with Crippen LogP contribution in [0.25, 0.3) is 0 Å². The van der Waals surface area contributed by atoms with Crippen LogP contribution in [0.5, 0.6) is 5.75 Å². The summed E-state index contributed by atoms with van der Waals surface area (Å²) >= 11 is 5.32. The van der Waals surface area contributed by atoms with Crippen LogP contribution in [-0.4, -0.2) is 22.0 Å². The molecule has 0 amide bonds. The van der Waals surface area contributed by atoms with Crippen LogP contribution in [0, 0.1) is 6.92 Å². The number of anilines is 1. The number of aromatic nitrogens is 2. The SMILES string of the molecule is CCn1ncc(CNC(=S)Nc2ccccc2OC)c1C. The summed E-state index contributed by atoms with van der Waals surface area (Å²) in [6, 6.07) is 7.67. The van der Waals surface area contributed by atoms with Crippen LogP contribution < -0.4 is 15.4 Å². The van der Waals surface area contributed by atoms with Crippen molar-refractivity contribution in [1.82, 2.24) is 15.1 Å². The number of ether oxygens (including phenoxy) is 1. The van der Waals surface area contributed by atoms with Gasteiger partial charge in [0.2, 0.25) is 0 Å². The Hall–Kier alpha value is -2.08. The van der Waals surface area contributed by atoms with Crippen molar-refractivity contribution in [3.63, 3.8) is 0 Å². The summed E-state index contributed by atoms with van der Waals surface area (Å²) < 4.78 is 7.25. The highest BCUT2D eigenvalue weighted by Gasteiger charge is 2.07. The fourth-order valence-electron chi connectivity index (χ4n) is 2.07. The number of nitrogens with zero attached hydrogens (tertiary/aromatic N) is 2. The number of rotatable bonds is 5. The normalized spacial score (nSPS) is 10.2. The average molecular weight is 304 g/mol. The lowest BCUT2D eigenvalue weighted by Gasteiger charge is -2.13. The van der Waals surface area contributed by atoms with Crippen LogP contribution in [0.2, 0.25) is 0 Å². The molecule has 0 saturated carbocycles. The van der Waals surface area contributed by atoms with Gasteiger partial charge in [-0.25, -0.2) is 0 Å². The molecule has 0 saturated heterocycles. The van der Waals surface area contributed by atoms with Crippen LogP contribution in [0.15, 0.2) is 30.5 Å². The molecule has 0 aliphatic rings. The lowest BCUT2D eigenvalue weighted by molar-refractivity contribution is 0.417. The number of thiocarbonyl (C=S) groups is 1. The fourth-order valence-corrected chi connectivity index (χ4v) is 2.25. The van der Waals surface area contributed by atoms with Crippen molar-refractivity contribution in [1.29, 1.82) is 0 Å². The van der Waals surface area contributed by atoms with Gasteiger partial charge in [-0.1, -0.05) is 12.1 Å². The molecule has 0 bridgehead atoms. The zero-order chi connectivity index (χ0) is 15.2. The molecule has 0 aliphatic carbocycles. The van der Waals surface area contributed by atoms with Gasteiger partial charge in [-0.2, -0.15) is 5.10 Å². The molecule has 6 heteroatoms. The molecule has 2 N–H and O–H groups in total. The van der Waals surface area contributed by atoms with E-state index in [1.54, 1.807) is 7.11 Å². The number of hydrogen-bond donors (Lipinski definition) is 2. The fraction of sp³-hybridized carbons (Fsp3) is 0.333. The summed E-state index contributed by atoms with van der Waals surface area (Å²) in [6.45, 7) is 5.65. The summed E-state index contributed by atoms with van der Waals surface area (Å²) in [6.07, 6.45) is 1.87. The largest absolute Gasteiger partial charge is 0.495 e. The van der Waals surface area contributed by atoms with Crippen molar-refractivity contribution in [2.75, 3.05) is 12.4 Å². The van der Waals surface area contributed by atoms with Gasteiger partial charge in [-0.05, 0) is 38.2 Å². The molecule has 112 valence electrons. The molecule has 0 fully saturated rings. The summed E-state index contributed by atoms with van der Waals surface area (Å²) in [4.78, 5) is 0. The molecule has 0 unspecified atom stereocenters. The van der Waals surface area contributed by atoms with Gasteiger partial charge in [0.1, 0.15) is 5.75 Å². The van der Waals surface area contributed by atoms with Crippen molar-refractivity contribution in [2.45, 2.75) is 26.9 Å². The van der Waals surface area contributed by atoms with Gasteiger partial charge >= 0.3 is 0 Å². The van der Waals surface area contributed by atoms with Gasteiger partial charge in [0, 0.05) is 24.3 Å². The second kappa shape index (κ2) is 7.08. The standard InChI is InChI=1S/C15H20N4OS/c1-4-19-11(2)12(10-17-19)9-16-15(21)18-13-7-5-6-8-14(13)20-3/h5-8,10H,4,9H2,1-3H3,(H2,16,18,21). The van der Waals surface area contributed by atoms with Gasteiger partial charge in [0.15, 0.2) is 5.11 Å². The summed E-state index contributed by atoms with van der Waals surface area (Å²) in [7, 11) is 1.64. The zero-order valence-electron chi connectivity index (χ0n) is 12.5. The van der Waals surface area contributed by atoms with E-state index in [2.05, 4.69) is 29.6 Å². The van der Waals surface area contributed by atoms with E-state index in [0.29, 0.717) is 11.7 Å². The number of nitrogens with one attached hydrogen (secondary N) is 2. The third-order valence-corrected chi connectivity index (χ3v) is 3.55. The minimum atomic E-state index is 0.558. The van der Waals surface area contributed by atoms with Crippen LogP contribution in [0.3, 0.4) is 0 Å². The number of para-hydroxylation sites is 2. The molecule has 2 aromatic rings. The lowest BCUT2D eigenvalue weighted by Crippen LogP contribution is -2.28. The molecule has 1 aromatic carbocycles. The molecule has 1 aromatic heterocycles. The van der Waals surface area contributed by atoms with Crippen molar-refractivity contribution in [2.24, 2.45) is 0 Å². The molecule has 0 radical (unpaired) electrons. The molecule has 5 nitrogen and oxygen atoms in total. The molecule has 0 spiro atoms. The van der Waals surface area contributed by atoms with Crippen molar-refractivity contribution < 1.29 is 4.74 Å². The number of aryl methyl sites for hydroxylation is 1. The molecule has 0 aliphatic heterocycles. The average Bonchev–Trinajstić information content (AvgIpc) is 2.86. The molecule has 1 heterocycles. The second-order valence-corrected chi connectivity index (χ2v) is 4.99. The van der Waals surface area contributed by atoms with Crippen LogP contribution in [0.4, 0.5) is 5.69 Å². The van der Waals surface area contributed by atoms with E-state index in [9.17, 15) is 0 Å². The third kappa shape index (κ3) is 3.72. The molecule has 2 rings (SSSR count). The van der Waals surface area contributed by atoms with E-state index in [0.717, 1.165) is 29.2 Å². The van der Waals surface area contributed by atoms with E-state index >= 15 is 0 Å². The Bertz CT molecular complexity index is 624. The number of methoxy groups -OCH3 is 1. The van der Waals surface area contributed by atoms with Gasteiger partial charge in [0.05, 0.1) is 19.0 Å². The van der Waals surface area contributed by atoms with Crippen LogP contribution >= 0.6 is 12.2 Å². The van der Waals surface area contributed by atoms with Gasteiger partial charge in [-0.15, -0.1) is 0 Å². The Balaban J connectivity index is 1.94. The van der Waals surface area contributed by atoms with Gasteiger partial charge < -0.3 is 15.4 Å². The van der Waals surface area contributed by atoms with Crippen molar-refractivity contribution >= 4 is 23.0 Å². The summed E-state index contributed by atoms with van der Waals surface area (Å²) in [5, 5.41) is 11.2. The quantitative estimate of drug-likeness (QED) is 0.832. The maximum Gasteiger partial charge on any atom is 0.171 e. The van der Waals surface area contributed by atoms with E-state index in [1.165, 1.54) is 0 Å². The van der Waals surface area contributed by atoms with Crippen molar-refractivity contribution in [3.05, 3.63) is 41.7 Å². The Labute approximate surface area is 130 Å². The maximum absolute atomic E-state index is 5.32. The smallest absolute Gasteiger partial charge is 0.171 e. The molecular weight excluding hydrogens is 284 g/mol. The van der Waals surface area contributed by atoms with E-state index < -0.39 is 0 Å². The second-order valence-electron chi connectivity index (χ2n) is 4.58. The first-order chi connectivity index (χ1) is 10.2. The van der Waals surface area contributed by atoms with Crippen LogP contribution in [0.1, 0.15) is 18.2 Å². The highest BCUT2D eigenvalue weighted by Crippen LogP contribution is 2.22. The third-order valence-electron chi connectivity index (χ3n) is 3.30. The maximum atomic E-state index is 5.32. The molecular formula is C15H20N4OS. The zero-order valence-corrected chi connectivity index (χ0v) is 13.3. The predicted molar refractivity (Wildman–Crippen MR) is 88.7 cm³/mol.